The van der Waals surface area contributed by atoms with Gasteiger partial charge in [-0.05, 0) is 11.6 Å². The lowest BCUT2D eigenvalue weighted by Gasteiger charge is -2.04. The van der Waals surface area contributed by atoms with E-state index < -0.39 is 0 Å². The molecular formula is C11H12BrN3OS. The average molecular weight is 314 g/mol. The summed E-state index contributed by atoms with van der Waals surface area (Å²) in [6.07, 6.45) is 0. The molecule has 2 aromatic rings. The topological polar surface area (TPSA) is 50.9 Å². The molecule has 6 heteroatoms. The third-order valence-electron chi connectivity index (χ3n) is 2.38. The predicted octanol–water partition coefficient (Wildman–Crippen LogP) is 2.36. The number of aromatic nitrogens is 3. The van der Waals surface area contributed by atoms with Crippen molar-refractivity contribution in [2.45, 2.75) is 17.5 Å². The number of hydrogen-bond acceptors (Lipinski definition) is 4. The third kappa shape index (κ3) is 2.88. The van der Waals surface area contributed by atoms with Crippen molar-refractivity contribution < 1.29 is 5.11 Å². The highest BCUT2D eigenvalue weighted by Gasteiger charge is 2.08. The van der Waals surface area contributed by atoms with Gasteiger partial charge in [0.15, 0.2) is 11.0 Å². The van der Waals surface area contributed by atoms with Crippen LogP contribution < -0.4 is 0 Å². The largest absolute Gasteiger partial charge is 0.388 e. The Morgan fingerprint density at radius 1 is 1.35 bits per heavy atom. The first-order chi connectivity index (χ1) is 8.22. The molecule has 0 amide bonds. The van der Waals surface area contributed by atoms with Gasteiger partial charge in [-0.15, -0.1) is 10.2 Å². The Bertz CT molecular complexity index is 515. The maximum Gasteiger partial charge on any atom is 0.191 e. The summed E-state index contributed by atoms with van der Waals surface area (Å²) in [5.41, 5.74) is 1.21. The summed E-state index contributed by atoms with van der Waals surface area (Å²) in [5.74, 6) is 1.40. The van der Waals surface area contributed by atoms with Gasteiger partial charge in [0.2, 0.25) is 0 Å². The Morgan fingerprint density at radius 2 is 2.12 bits per heavy atom. The van der Waals surface area contributed by atoms with Gasteiger partial charge in [0.25, 0.3) is 0 Å². The van der Waals surface area contributed by atoms with Gasteiger partial charge in [-0.1, -0.05) is 45.9 Å². The summed E-state index contributed by atoms with van der Waals surface area (Å²) in [6, 6.07) is 8.09. The molecule has 17 heavy (non-hydrogen) atoms. The van der Waals surface area contributed by atoms with E-state index in [1.807, 2.05) is 29.8 Å². The predicted molar refractivity (Wildman–Crippen MR) is 70.6 cm³/mol. The zero-order valence-electron chi connectivity index (χ0n) is 9.30. The van der Waals surface area contributed by atoms with E-state index in [2.05, 4.69) is 32.2 Å². The molecule has 0 aliphatic carbocycles. The lowest BCUT2D eigenvalue weighted by atomic mass is 10.2. The number of thioether (sulfide) groups is 1. The Labute approximate surface area is 112 Å². The maximum absolute atomic E-state index is 9.02. The molecule has 0 unspecified atom stereocenters. The van der Waals surface area contributed by atoms with E-state index in [0.29, 0.717) is 5.82 Å². The minimum Gasteiger partial charge on any atom is -0.388 e. The Kier molecular flexibility index (Phi) is 4.20. The molecule has 0 fully saturated rings. The van der Waals surface area contributed by atoms with Crippen LogP contribution in [0, 0.1) is 0 Å². The van der Waals surface area contributed by atoms with Crippen molar-refractivity contribution in [2.24, 2.45) is 7.05 Å². The Morgan fingerprint density at radius 3 is 2.76 bits per heavy atom. The monoisotopic (exact) mass is 313 g/mol. The summed E-state index contributed by atoms with van der Waals surface area (Å²) < 4.78 is 2.90. The van der Waals surface area contributed by atoms with Crippen LogP contribution in [0.5, 0.6) is 0 Å². The smallest absolute Gasteiger partial charge is 0.191 e. The fourth-order valence-electron chi connectivity index (χ4n) is 1.37. The molecule has 0 spiro atoms. The van der Waals surface area contributed by atoms with Crippen molar-refractivity contribution in [2.75, 3.05) is 0 Å². The fourth-order valence-corrected chi connectivity index (χ4v) is 2.91. The fraction of sp³-hybridized carbons (Fsp3) is 0.273. The van der Waals surface area contributed by atoms with E-state index in [4.69, 9.17) is 5.11 Å². The first-order valence-electron chi connectivity index (χ1n) is 5.07. The van der Waals surface area contributed by atoms with Crippen molar-refractivity contribution in [3.05, 3.63) is 40.1 Å². The van der Waals surface area contributed by atoms with Gasteiger partial charge in [-0.2, -0.15) is 0 Å². The second-order valence-corrected chi connectivity index (χ2v) is 5.29. The quantitative estimate of drug-likeness (QED) is 0.880. The normalized spacial score (nSPS) is 10.8. The summed E-state index contributed by atoms with van der Waals surface area (Å²) in [6.45, 7) is -0.0842. The number of benzene rings is 1. The van der Waals surface area contributed by atoms with Crippen molar-refractivity contribution in [1.29, 1.82) is 0 Å². The van der Waals surface area contributed by atoms with Crippen LogP contribution in [0.15, 0.2) is 33.9 Å². The molecule has 4 nitrogen and oxygen atoms in total. The minimum atomic E-state index is -0.0842. The maximum atomic E-state index is 9.02. The van der Waals surface area contributed by atoms with Crippen LogP contribution in [0.1, 0.15) is 11.4 Å². The van der Waals surface area contributed by atoms with Gasteiger partial charge in [-0.25, -0.2) is 0 Å². The van der Waals surface area contributed by atoms with Crippen LogP contribution in [0.2, 0.25) is 0 Å². The molecule has 0 atom stereocenters. The molecule has 0 radical (unpaired) electrons. The van der Waals surface area contributed by atoms with Crippen LogP contribution in [0.3, 0.4) is 0 Å². The molecule has 1 N–H and O–H groups in total. The highest BCUT2D eigenvalue weighted by molar-refractivity contribution is 9.10. The van der Waals surface area contributed by atoms with Gasteiger partial charge in [0, 0.05) is 17.3 Å². The molecule has 0 bridgehead atoms. The molecule has 1 heterocycles. The first-order valence-corrected chi connectivity index (χ1v) is 6.85. The summed E-state index contributed by atoms with van der Waals surface area (Å²) in [7, 11) is 1.86. The number of hydrogen-bond donors (Lipinski definition) is 1. The van der Waals surface area contributed by atoms with Gasteiger partial charge in [-0.3, -0.25) is 0 Å². The lowest BCUT2D eigenvalue weighted by Crippen LogP contribution is -1.98. The van der Waals surface area contributed by atoms with Crippen molar-refractivity contribution in [3.8, 4) is 0 Å². The summed E-state index contributed by atoms with van der Waals surface area (Å²) in [5, 5.41) is 17.8. The van der Waals surface area contributed by atoms with Gasteiger partial charge >= 0.3 is 0 Å². The highest BCUT2D eigenvalue weighted by Crippen LogP contribution is 2.25. The van der Waals surface area contributed by atoms with Gasteiger partial charge in [0.1, 0.15) is 6.61 Å². The van der Waals surface area contributed by atoms with Gasteiger partial charge < -0.3 is 9.67 Å². The minimum absolute atomic E-state index is 0.0842. The van der Waals surface area contributed by atoms with Crippen LogP contribution in [-0.2, 0) is 19.4 Å². The first kappa shape index (κ1) is 12.6. The zero-order valence-corrected chi connectivity index (χ0v) is 11.7. The molecule has 90 valence electrons. The lowest BCUT2D eigenvalue weighted by molar-refractivity contribution is 0.266. The molecule has 2 rings (SSSR count). The van der Waals surface area contributed by atoms with E-state index in [1.54, 1.807) is 11.8 Å². The molecule has 0 aliphatic heterocycles. The molecule has 1 aromatic carbocycles. The van der Waals surface area contributed by atoms with Crippen LogP contribution in [-0.4, -0.2) is 19.9 Å². The molecular weight excluding hydrogens is 302 g/mol. The van der Waals surface area contributed by atoms with Crippen molar-refractivity contribution in [1.82, 2.24) is 14.8 Å². The number of aliphatic hydroxyl groups is 1. The van der Waals surface area contributed by atoms with Crippen molar-refractivity contribution >= 4 is 27.7 Å². The van der Waals surface area contributed by atoms with Crippen LogP contribution in [0.25, 0.3) is 0 Å². The number of halogens is 1. The molecule has 0 aliphatic rings. The van der Waals surface area contributed by atoms with E-state index in [9.17, 15) is 0 Å². The molecule has 1 aromatic heterocycles. The Balaban J connectivity index is 2.07. The van der Waals surface area contributed by atoms with Crippen molar-refractivity contribution in [3.63, 3.8) is 0 Å². The van der Waals surface area contributed by atoms with E-state index in [-0.39, 0.29) is 6.61 Å². The third-order valence-corrected chi connectivity index (χ3v) is 4.22. The average Bonchev–Trinajstić information content (AvgIpc) is 2.69. The second kappa shape index (κ2) is 5.66. The van der Waals surface area contributed by atoms with Crippen LogP contribution >= 0.6 is 27.7 Å². The van der Waals surface area contributed by atoms with Crippen LogP contribution in [0.4, 0.5) is 0 Å². The summed E-state index contributed by atoms with van der Waals surface area (Å²) >= 11 is 5.11. The number of nitrogens with zero attached hydrogens (tertiary/aromatic N) is 3. The second-order valence-electron chi connectivity index (χ2n) is 3.50. The summed E-state index contributed by atoms with van der Waals surface area (Å²) in [4.78, 5) is 0. The molecule has 0 saturated heterocycles. The Hall–Kier alpha value is -0.850. The number of aliphatic hydroxyl groups excluding tert-OH is 1. The van der Waals surface area contributed by atoms with E-state index >= 15 is 0 Å². The standard InChI is InChI=1S/C11H12BrN3OS/c1-15-10(6-16)13-14-11(15)17-7-8-4-2-3-5-9(8)12/h2-5,16H,6-7H2,1H3. The SMILES string of the molecule is Cn1c(CO)nnc1SCc1ccccc1Br. The zero-order chi connectivity index (χ0) is 12.3. The van der Waals surface area contributed by atoms with E-state index in [1.165, 1.54) is 5.56 Å². The number of rotatable bonds is 4. The highest BCUT2D eigenvalue weighted by atomic mass is 79.9. The van der Waals surface area contributed by atoms with Gasteiger partial charge in [0.05, 0.1) is 0 Å². The van der Waals surface area contributed by atoms with E-state index in [0.717, 1.165) is 15.4 Å². The molecule has 0 saturated carbocycles.